The first-order valence-electron chi connectivity index (χ1n) is 7.52. The Hall–Kier alpha value is -1.40. The van der Waals surface area contributed by atoms with E-state index in [1.54, 1.807) is 0 Å². The highest BCUT2D eigenvalue weighted by Gasteiger charge is 2.20. The molecule has 0 aliphatic carbocycles. The quantitative estimate of drug-likeness (QED) is 0.672. The van der Waals surface area contributed by atoms with Gasteiger partial charge in [-0.05, 0) is 6.42 Å². The first-order chi connectivity index (χ1) is 9.92. The van der Waals surface area contributed by atoms with E-state index in [2.05, 4.69) is 43.0 Å². The van der Waals surface area contributed by atoms with Gasteiger partial charge in [0.1, 0.15) is 17.5 Å². The van der Waals surface area contributed by atoms with Crippen molar-refractivity contribution in [3.8, 4) is 0 Å². The minimum atomic E-state index is -0.164. The fourth-order valence-electron chi connectivity index (χ4n) is 1.86. The molecule has 1 heterocycles. The minimum Gasteiger partial charge on any atom is -0.395 e. The molecule has 6 nitrogen and oxygen atoms in total. The lowest BCUT2D eigenvalue weighted by atomic mass is 9.96. The van der Waals surface area contributed by atoms with Crippen LogP contribution in [0.3, 0.4) is 0 Å². The van der Waals surface area contributed by atoms with Gasteiger partial charge in [0.05, 0.1) is 13.2 Å². The second-order valence-electron chi connectivity index (χ2n) is 6.05. The highest BCUT2D eigenvalue weighted by Crippen LogP contribution is 2.24. The maximum atomic E-state index is 9.18. The van der Waals surface area contributed by atoms with E-state index >= 15 is 0 Å². The maximum Gasteiger partial charge on any atom is 0.138 e. The van der Waals surface area contributed by atoms with Crippen LogP contribution in [0.5, 0.6) is 0 Å². The molecule has 0 atom stereocenters. The molecule has 0 unspecified atom stereocenters. The van der Waals surface area contributed by atoms with E-state index in [9.17, 15) is 10.2 Å². The molecule has 21 heavy (non-hydrogen) atoms. The zero-order valence-corrected chi connectivity index (χ0v) is 13.6. The molecule has 1 aromatic heterocycles. The Morgan fingerprint density at radius 1 is 1.14 bits per heavy atom. The van der Waals surface area contributed by atoms with Gasteiger partial charge in [0, 0.05) is 31.1 Å². The van der Waals surface area contributed by atoms with E-state index in [1.807, 2.05) is 11.0 Å². The molecule has 0 saturated heterocycles. The molecule has 6 heteroatoms. The lowest BCUT2D eigenvalue weighted by molar-refractivity contribution is 0.280. The average molecular weight is 296 g/mol. The number of nitrogens with zero attached hydrogens (tertiary/aromatic N) is 3. The van der Waals surface area contributed by atoms with Crippen molar-refractivity contribution >= 4 is 11.6 Å². The van der Waals surface area contributed by atoms with Crippen molar-refractivity contribution < 1.29 is 10.2 Å². The lowest BCUT2D eigenvalue weighted by Crippen LogP contribution is -2.31. The van der Waals surface area contributed by atoms with Crippen molar-refractivity contribution in [1.29, 1.82) is 0 Å². The molecule has 3 N–H and O–H groups in total. The molecule has 0 aliphatic rings. The summed E-state index contributed by atoms with van der Waals surface area (Å²) >= 11 is 0. The summed E-state index contributed by atoms with van der Waals surface area (Å²) in [6, 6.07) is 1.87. The zero-order valence-electron chi connectivity index (χ0n) is 13.6. The molecule has 0 spiro atoms. The molecule has 0 aliphatic heterocycles. The third-order valence-corrected chi connectivity index (χ3v) is 3.00. The lowest BCUT2D eigenvalue weighted by Gasteiger charge is -2.25. The van der Waals surface area contributed by atoms with Gasteiger partial charge in [-0.25, -0.2) is 9.97 Å². The molecule has 0 radical (unpaired) electrons. The number of anilines is 2. The molecule has 120 valence electrons. The summed E-state index contributed by atoms with van der Waals surface area (Å²) in [5.41, 5.74) is -0.164. The molecule has 1 aromatic rings. The van der Waals surface area contributed by atoms with Crippen LogP contribution in [0.15, 0.2) is 6.07 Å². The summed E-state index contributed by atoms with van der Waals surface area (Å²) < 4.78 is 0. The van der Waals surface area contributed by atoms with Gasteiger partial charge < -0.3 is 20.4 Å². The second kappa shape index (κ2) is 8.14. The molecular formula is C15H28N4O2. The second-order valence-corrected chi connectivity index (χ2v) is 6.05. The van der Waals surface area contributed by atoms with E-state index in [1.165, 1.54) is 0 Å². The SMILES string of the molecule is CCCNc1cc(N(CCO)CCO)nc(C(C)(C)C)n1. The van der Waals surface area contributed by atoms with Gasteiger partial charge in [0.15, 0.2) is 0 Å². The van der Waals surface area contributed by atoms with E-state index in [0.29, 0.717) is 13.1 Å². The monoisotopic (exact) mass is 296 g/mol. The van der Waals surface area contributed by atoms with Crippen molar-refractivity contribution in [1.82, 2.24) is 9.97 Å². The van der Waals surface area contributed by atoms with Gasteiger partial charge in [0.2, 0.25) is 0 Å². The molecular weight excluding hydrogens is 268 g/mol. The van der Waals surface area contributed by atoms with Crippen LogP contribution < -0.4 is 10.2 Å². The van der Waals surface area contributed by atoms with Crippen molar-refractivity contribution in [3.05, 3.63) is 11.9 Å². The summed E-state index contributed by atoms with van der Waals surface area (Å²) in [5, 5.41) is 21.6. The Morgan fingerprint density at radius 3 is 2.24 bits per heavy atom. The third kappa shape index (κ3) is 5.47. The van der Waals surface area contributed by atoms with Crippen LogP contribution in [0.4, 0.5) is 11.6 Å². The van der Waals surface area contributed by atoms with Gasteiger partial charge in [-0.15, -0.1) is 0 Å². The van der Waals surface area contributed by atoms with E-state index in [4.69, 9.17) is 0 Å². The summed E-state index contributed by atoms with van der Waals surface area (Å²) in [7, 11) is 0. The Labute approximate surface area is 127 Å². The van der Waals surface area contributed by atoms with Crippen molar-refractivity contribution in [2.24, 2.45) is 0 Å². The van der Waals surface area contributed by atoms with Crippen LogP contribution in [-0.4, -0.2) is 53.0 Å². The van der Waals surface area contributed by atoms with Crippen molar-refractivity contribution in [2.45, 2.75) is 39.5 Å². The Kier molecular flexibility index (Phi) is 6.84. The Balaban J connectivity index is 3.15. The molecule has 0 amide bonds. The normalized spacial score (nSPS) is 11.5. The minimum absolute atomic E-state index is 0.0204. The summed E-state index contributed by atoms with van der Waals surface area (Å²) in [4.78, 5) is 11.0. The molecule has 0 saturated carbocycles. The Morgan fingerprint density at radius 2 is 1.76 bits per heavy atom. The van der Waals surface area contributed by atoms with Gasteiger partial charge in [0.25, 0.3) is 0 Å². The number of aromatic nitrogens is 2. The highest BCUT2D eigenvalue weighted by molar-refractivity contribution is 5.50. The van der Waals surface area contributed by atoms with Crippen molar-refractivity contribution in [2.75, 3.05) is 43.1 Å². The van der Waals surface area contributed by atoms with E-state index in [0.717, 1.165) is 30.4 Å². The van der Waals surface area contributed by atoms with Gasteiger partial charge >= 0.3 is 0 Å². The summed E-state index contributed by atoms with van der Waals surface area (Å²) in [6.45, 7) is 10.1. The smallest absolute Gasteiger partial charge is 0.138 e. The van der Waals surface area contributed by atoms with Crippen LogP contribution >= 0.6 is 0 Å². The van der Waals surface area contributed by atoms with Crippen LogP contribution in [0, 0.1) is 0 Å². The summed E-state index contributed by atoms with van der Waals surface area (Å²) in [6.07, 6.45) is 1.02. The van der Waals surface area contributed by atoms with E-state index in [-0.39, 0.29) is 18.6 Å². The van der Waals surface area contributed by atoms with Gasteiger partial charge in [-0.2, -0.15) is 0 Å². The molecule has 1 rings (SSSR count). The summed E-state index contributed by atoms with van der Waals surface area (Å²) in [5.74, 6) is 2.27. The number of hydrogen-bond donors (Lipinski definition) is 3. The topological polar surface area (TPSA) is 81.5 Å². The molecule has 0 aromatic carbocycles. The number of nitrogens with one attached hydrogen (secondary N) is 1. The predicted molar refractivity (Wildman–Crippen MR) is 85.9 cm³/mol. The number of aliphatic hydroxyl groups is 2. The van der Waals surface area contributed by atoms with Gasteiger partial charge in [-0.3, -0.25) is 0 Å². The fraction of sp³-hybridized carbons (Fsp3) is 0.733. The maximum absolute atomic E-state index is 9.18. The number of hydrogen-bond acceptors (Lipinski definition) is 6. The molecule has 0 bridgehead atoms. The Bertz CT molecular complexity index is 426. The van der Waals surface area contributed by atoms with Gasteiger partial charge in [-0.1, -0.05) is 27.7 Å². The van der Waals surface area contributed by atoms with Crippen LogP contribution in [-0.2, 0) is 5.41 Å². The third-order valence-electron chi connectivity index (χ3n) is 3.00. The van der Waals surface area contributed by atoms with Crippen LogP contribution in [0.1, 0.15) is 39.9 Å². The van der Waals surface area contributed by atoms with Crippen molar-refractivity contribution in [3.63, 3.8) is 0 Å². The van der Waals surface area contributed by atoms with E-state index < -0.39 is 0 Å². The first kappa shape index (κ1) is 17.7. The predicted octanol–water partition coefficient (Wildman–Crippen LogP) is 1.39. The zero-order chi connectivity index (χ0) is 15.9. The largest absolute Gasteiger partial charge is 0.395 e. The fourth-order valence-corrected chi connectivity index (χ4v) is 1.86. The standard InChI is InChI=1S/C15H28N4O2/c1-5-6-16-12-11-13(19(7-9-20)8-10-21)18-14(17-12)15(2,3)4/h11,20-21H,5-10H2,1-4H3,(H,16,17,18). The highest BCUT2D eigenvalue weighted by atomic mass is 16.3. The number of rotatable bonds is 8. The first-order valence-corrected chi connectivity index (χ1v) is 7.52. The van der Waals surface area contributed by atoms with Crippen LogP contribution in [0.2, 0.25) is 0 Å². The number of aliphatic hydroxyl groups excluding tert-OH is 2. The van der Waals surface area contributed by atoms with Crippen LogP contribution in [0.25, 0.3) is 0 Å². The average Bonchev–Trinajstić information content (AvgIpc) is 2.43. The molecule has 0 fully saturated rings.